The van der Waals surface area contributed by atoms with Crippen molar-refractivity contribution in [1.82, 2.24) is 4.90 Å². The molecule has 0 bridgehead atoms. The quantitative estimate of drug-likeness (QED) is 0.848. The Bertz CT molecular complexity index is 630. The summed E-state index contributed by atoms with van der Waals surface area (Å²) in [4.78, 5) is 25.7. The van der Waals surface area contributed by atoms with Crippen LogP contribution in [0, 0.1) is 0 Å². The molecule has 1 atom stereocenters. The van der Waals surface area contributed by atoms with Gasteiger partial charge in [-0.1, -0.05) is 12.1 Å². The zero-order chi connectivity index (χ0) is 18.7. The fourth-order valence-electron chi connectivity index (χ4n) is 3.10. The Kier molecular flexibility index (Phi) is 5.72. The van der Waals surface area contributed by atoms with Crippen molar-refractivity contribution in [1.29, 1.82) is 0 Å². The van der Waals surface area contributed by atoms with Crippen molar-refractivity contribution < 1.29 is 32.6 Å². The molecule has 5 nitrogen and oxygen atoms in total. The van der Waals surface area contributed by atoms with Crippen molar-refractivity contribution in [2.24, 2.45) is 0 Å². The number of benzene rings is 1. The Hall–Kier alpha value is -2.09. The fourth-order valence-corrected chi connectivity index (χ4v) is 3.10. The third-order valence-electron chi connectivity index (χ3n) is 4.41. The van der Waals surface area contributed by atoms with E-state index in [0.717, 1.165) is 0 Å². The minimum Gasteiger partial charge on any atom is -0.479 e. The third-order valence-corrected chi connectivity index (χ3v) is 4.41. The number of rotatable bonds is 6. The van der Waals surface area contributed by atoms with Crippen LogP contribution in [-0.4, -0.2) is 53.9 Å². The van der Waals surface area contributed by atoms with Crippen LogP contribution in [0.25, 0.3) is 0 Å². The first-order chi connectivity index (χ1) is 11.7. The molecule has 1 N–H and O–H groups in total. The zero-order valence-electron chi connectivity index (χ0n) is 13.8. The lowest BCUT2D eigenvalue weighted by Crippen LogP contribution is -2.56. The van der Waals surface area contributed by atoms with Crippen LogP contribution in [0.3, 0.4) is 0 Å². The summed E-state index contributed by atoms with van der Waals surface area (Å²) in [5.41, 5.74) is -0.683. The van der Waals surface area contributed by atoms with Gasteiger partial charge in [-0.3, -0.25) is 4.79 Å². The minimum atomic E-state index is -4.23. The van der Waals surface area contributed by atoms with E-state index in [1.54, 1.807) is 0 Å². The van der Waals surface area contributed by atoms with Crippen LogP contribution in [0.15, 0.2) is 24.3 Å². The molecular weight excluding hydrogens is 339 g/mol. The van der Waals surface area contributed by atoms with Crippen LogP contribution in [0.4, 0.5) is 13.2 Å². The highest BCUT2D eigenvalue weighted by molar-refractivity contribution is 5.98. The topological polar surface area (TPSA) is 66.8 Å². The number of aliphatic carboxylic acids is 1. The average Bonchev–Trinajstić information content (AvgIpc) is 2.97. The molecule has 1 heterocycles. The summed E-state index contributed by atoms with van der Waals surface area (Å²) in [5, 5.41) is 9.57. The number of amides is 1. The maximum atomic E-state index is 12.7. The van der Waals surface area contributed by atoms with Crippen molar-refractivity contribution in [3.05, 3.63) is 35.4 Å². The molecule has 2 rings (SSSR count). The molecule has 0 spiro atoms. The van der Waals surface area contributed by atoms with E-state index in [-0.39, 0.29) is 18.6 Å². The number of hydrogen-bond donors (Lipinski definition) is 1. The molecule has 1 aromatic carbocycles. The van der Waals surface area contributed by atoms with Gasteiger partial charge in [0.1, 0.15) is 0 Å². The smallest absolute Gasteiger partial charge is 0.389 e. The van der Waals surface area contributed by atoms with Crippen molar-refractivity contribution in [2.45, 2.75) is 37.4 Å². The lowest BCUT2D eigenvalue weighted by Gasteiger charge is -2.34. The summed E-state index contributed by atoms with van der Waals surface area (Å²) in [6.07, 6.45) is -4.48. The standard InChI is InChI=1S/C17H20F3NO4/c1-25-11-16(15(23)24)8-2-10-21(16)14(22)13-5-3-12(4-6-13)7-9-17(18,19)20/h3-6H,2,7-11H2,1H3,(H,23,24). The summed E-state index contributed by atoms with van der Waals surface area (Å²) in [6.45, 7) is 0.183. The van der Waals surface area contributed by atoms with Gasteiger partial charge in [0.2, 0.25) is 0 Å². The normalized spacial score (nSPS) is 20.7. The van der Waals surface area contributed by atoms with Gasteiger partial charge in [-0.05, 0) is 37.0 Å². The average molecular weight is 359 g/mol. The van der Waals surface area contributed by atoms with Gasteiger partial charge >= 0.3 is 12.1 Å². The first-order valence-electron chi connectivity index (χ1n) is 7.89. The molecule has 25 heavy (non-hydrogen) atoms. The van der Waals surface area contributed by atoms with E-state index >= 15 is 0 Å². The summed E-state index contributed by atoms with van der Waals surface area (Å²) in [6, 6.07) is 5.80. The molecule has 0 saturated carbocycles. The SMILES string of the molecule is COCC1(C(=O)O)CCCN1C(=O)c1ccc(CCC(F)(F)F)cc1. The van der Waals surface area contributed by atoms with Crippen LogP contribution in [-0.2, 0) is 16.0 Å². The van der Waals surface area contributed by atoms with E-state index in [1.807, 2.05) is 0 Å². The second-order valence-electron chi connectivity index (χ2n) is 6.14. The Morgan fingerprint density at radius 2 is 1.92 bits per heavy atom. The number of carboxylic acids is 1. The number of alkyl halides is 3. The first kappa shape index (κ1) is 19.2. The molecule has 1 fully saturated rings. The van der Waals surface area contributed by atoms with Gasteiger partial charge in [0.05, 0.1) is 6.61 Å². The second kappa shape index (κ2) is 7.43. The number of aryl methyl sites for hydroxylation is 1. The van der Waals surface area contributed by atoms with Crippen molar-refractivity contribution in [3.8, 4) is 0 Å². The Labute approximate surface area is 143 Å². The van der Waals surface area contributed by atoms with E-state index in [1.165, 1.54) is 36.3 Å². The number of carboxylic acid groups (broad SMARTS) is 1. The summed E-state index contributed by atoms with van der Waals surface area (Å²) >= 11 is 0. The van der Waals surface area contributed by atoms with Gasteiger partial charge < -0.3 is 14.7 Å². The molecule has 1 aromatic rings. The van der Waals surface area contributed by atoms with Crippen molar-refractivity contribution in [2.75, 3.05) is 20.3 Å². The minimum absolute atomic E-state index is 0.113. The highest BCUT2D eigenvalue weighted by atomic mass is 19.4. The molecule has 1 saturated heterocycles. The molecule has 0 aliphatic carbocycles. The number of carbonyl (C=O) groups is 2. The van der Waals surface area contributed by atoms with Gasteiger partial charge in [-0.25, -0.2) is 4.79 Å². The van der Waals surface area contributed by atoms with E-state index in [0.29, 0.717) is 24.9 Å². The molecule has 1 unspecified atom stereocenters. The Balaban J connectivity index is 2.15. The molecule has 1 aliphatic rings. The maximum Gasteiger partial charge on any atom is 0.389 e. The molecule has 0 radical (unpaired) electrons. The lowest BCUT2D eigenvalue weighted by atomic mass is 9.96. The van der Waals surface area contributed by atoms with Crippen LogP contribution in [0.1, 0.15) is 35.2 Å². The highest BCUT2D eigenvalue weighted by Crippen LogP contribution is 2.32. The van der Waals surface area contributed by atoms with E-state index in [4.69, 9.17) is 4.74 Å². The number of halogens is 3. The third kappa shape index (κ3) is 4.31. The number of carbonyl (C=O) groups excluding carboxylic acids is 1. The fraction of sp³-hybridized carbons (Fsp3) is 0.529. The summed E-state index contributed by atoms with van der Waals surface area (Å²) in [7, 11) is 1.38. The Morgan fingerprint density at radius 1 is 1.28 bits per heavy atom. The van der Waals surface area contributed by atoms with E-state index in [2.05, 4.69) is 0 Å². The number of likely N-dealkylation sites (tertiary alicyclic amines) is 1. The summed E-state index contributed by atoms with van der Waals surface area (Å²) in [5.74, 6) is -1.58. The number of hydrogen-bond acceptors (Lipinski definition) is 3. The lowest BCUT2D eigenvalue weighted by molar-refractivity contribution is -0.151. The first-order valence-corrected chi connectivity index (χ1v) is 7.89. The van der Waals surface area contributed by atoms with Gasteiger partial charge in [-0.2, -0.15) is 13.2 Å². The van der Waals surface area contributed by atoms with Crippen LogP contribution in [0.2, 0.25) is 0 Å². The molecule has 1 amide bonds. The maximum absolute atomic E-state index is 12.7. The molecule has 8 heteroatoms. The summed E-state index contributed by atoms with van der Waals surface area (Å²) < 4.78 is 41.8. The van der Waals surface area contributed by atoms with Crippen LogP contribution < -0.4 is 0 Å². The zero-order valence-corrected chi connectivity index (χ0v) is 13.8. The molecule has 1 aliphatic heterocycles. The number of methoxy groups -OCH3 is 1. The number of ether oxygens (including phenoxy) is 1. The Morgan fingerprint density at radius 3 is 2.44 bits per heavy atom. The van der Waals surface area contributed by atoms with E-state index in [9.17, 15) is 27.9 Å². The largest absolute Gasteiger partial charge is 0.479 e. The monoisotopic (exact) mass is 359 g/mol. The van der Waals surface area contributed by atoms with Gasteiger partial charge in [0.15, 0.2) is 5.54 Å². The van der Waals surface area contributed by atoms with Crippen LogP contribution in [0.5, 0.6) is 0 Å². The van der Waals surface area contributed by atoms with E-state index < -0.39 is 30.0 Å². The number of nitrogens with zero attached hydrogens (tertiary/aromatic N) is 1. The van der Waals surface area contributed by atoms with Crippen molar-refractivity contribution in [3.63, 3.8) is 0 Å². The predicted octanol–water partition coefficient (Wildman–Crippen LogP) is 2.89. The predicted molar refractivity (Wildman–Crippen MR) is 83.3 cm³/mol. The second-order valence-corrected chi connectivity index (χ2v) is 6.14. The van der Waals surface area contributed by atoms with Gasteiger partial charge in [0.25, 0.3) is 5.91 Å². The molecule has 138 valence electrons. The van der Waals surface area contributed by atoms with Gasteiger partial charge in [0, 0.05) is 25.6 Å². The molecular formula is C17H20F3NO4. The highest BCUT2D eigenvalue weighted by Gasteiger charge is 2.50. The van der Waals surface area contributed by atoms with Gasteiger partial charge in [-0.15, -0.1) is 0 Å². The van der Waals surface area contributed by atoms with Crippen LogP contribution >= 0.6 is 0 Å². The molecule has 0 aromatic heterocycles. The van der Waals surface area contributed by atoms with Crippen molar-refractivity contribution >= 4 is 11.9 Å².